The predicted octanol–water partition coefficient (Wildman–Crippen LogP) is 3.24. The molecule has 2 fully saturated rings. The van der Waals surface area contributed by atoms with Gasteiger partial charge in [-0.15, -0.1) is 0 Å². The van der Waals surface area contributed by atoms with E-state index in [9.17, 15) is 13.2 Å². The standard InChI is InChI=1S/C20H30N2O3S/c1-2-18-8-5-15-22(18)20(23)14-11-16-9-12-19(13-10-16)26(24,25)21-17-6-3-4-7-17/h9-10,12-13,17-18,21H,2-8,11,14-15H2,1H3. The maximum Gasteiger partial charge on any atom is 0.240 e. The van der Waals surface area contributed by atoms with E-state index in [0.717, 1.165) is 57.1 Å². The Morgan fingerprint density at radius 3 is 2.46 bits per heavy atom. The van der Waals surface area contributed by atoms with Crippen molar-refractivity contribution in [3.05, 3.63) is 29.8 Å². The van der Waals surface area contributed by atoms with Gasteiger partial charge in [-0.1, -0.05) is 31.9 Å². The minimum atomic E-state index is -3.44. The highest BCUT2D eigenvalue weighted by Gasteiger charge is 2.27. The van der Waals surface area contributed by atoms with E-state index in [4.69, 9.17) is 0 Å². The summed E-state index contributed by atoms with van der Waals surface area (Å²) in [5.41, 5.74) is 1.01. The first-order valence-electron chi connectivity index (χ1n) is 9.90. The SMILES string of the molecule is CCC1CCCN1C(=O)CCc1ccc(S(=O)(=O)NC2CCCC2)cc1. The molecule has 5 nitrogen and oxygen atoms in total. The number of amides is 1. The van der Waals surface area contributed by atoms with Gasteiger partial charge in [0.1, 0.15) is 0 Å². The fraction of sp³-hybridized carbons (Fsp3) is 0.650. The zero-order chi connectivity index (χ0) is 18.6. The Kier molecular flexibility index (Phi) is 6.35. The second-order valence-electron chi connectivity index (χ2n) is 7.54. The molecule has 26 heavy (non-hydrogen) atoms. The van der Waals surface area contributed by atoms with Crippen LogP contribution in [0.4, 0.5) is 0 Å². The van der Waals surface area contributed by atoms with E-state index in [1.165, 1.54) is 0 Å². The molecule has 1 heterocycles. The van der Waals surface area contributed by atoms with E-state index in [2.05, 4.69) is 11.6 Å². The number of likely N-dealkylation sites (tertiary alicyclic amines) is 1. The molecule has 0 radical (unpaired) electrons. The lowest BCUT2D eigenvalue weighted by Crippen LogP contribution is -2.35. The first kappa shape index (κ1) is 19.4. The highest BCUT2D eigenvalue weighted by atomic mass is 32.2. The lowest BCUT2D eigenvalue weighted by molar-refractivity contribution is -0.132. The van der Waals surface area contributed by atoms with Gasteiger partial charge in [-0.25, -0.2) is 13.1 Å². The Labute approximate surface area is 157 Å². The number of rotatable bonds is 7. The van der Waals surface area contributed by atoms with Gasteiger partial charge in [0.15, 0.2) is 0 Å². The van der Waals surface area contributed by atoms with E-state index in [0.29, 0.717) is 23.8 Å². The molecule has 1 amide bonds. The monoisotopic (exact) mass is 378 g/mol. The predicted molar refractivity (Wildman–Crippen MR) is 102 cm³/mol. The van der Waals surface area contributed by atoms with Crippen LogP contribution in [0.2, 0.25) is 0 Å². The van der Waals surface area contributed by atoms with Crippen molar-refractivity contribution in [2.45, 2.75) is 81.7 Å². The minimum absolute atomic E-state index is 0.0734. The molecule has 3 rings (SSSR count). The number of carbonyl (C=O) groups excluding carboxylic acids is 1. The molecule has 0 spiro atoms. The average molecular weight is 379 g/mol. The number of nitrogens with zero attached hydrogens (tertiary/aromatic N) is 1. The van der Waals surface area contributed by atoms with Crippen molar-refractivity contribution in [3.8, 4) is 0 Å². The normalized spacial score (nSPS) is 21.4. The van der Waals surface area contributed by atoms with Gasteiger partial charge >= 0.3 is 0 Å². The van der Waals surface area contributed by atoms with Gasteiger partial charge in [0.2, 0.25) is 15.9 Å². The smallest absolute Gasteiger partial charge is 0.240 e. The zero-order valence-corrected chi connectivity index (χ0v) is 16.4. The lowest BCUT2D eigenvalue weighted by atomic mass is 10.1. The molecule has 1 N–H and O–H groups in total. The number of nitrogens with one attached hydrogen (secondary N) is 1. The molecular formula is C20H30N2O3S. The summed E-state index contributed by atoms with van der Waals surface area (Å²) < 4.78 is 27.7. The number of sulfonamides is 1. The van der Waals surface area contributed by atoms with Gasteiger partial charge in [-0.2, -0.15) is 0 Å². The Morgan fingerprint density at radius 2 is 1.81 bits per heavy atom. The van der Waals surface area contributed by atoms with E-state index in [1.807, 2.05) is 17.0 Å². The van der Waals surface area contributed by atoms with Crippen LogP contribution in [0.5, 0.6) is 0 Å². The molecule has 2 aliphatic rings. The Morgan fingerprint density at radius 1 is 1.12 bits per heavy atom. The first-order valence-corrected chi connectivity index (χ1v) is 11.4. The third kappa shape index (κ3) is 4.65. The van der Waals surface area contributed by atoms with Crippen LogP contribution < -0.4 is 4.72 Å². The van der Waals surface area contributed by atoms with Gasteiger partial charge in [-0.3, -0.25) is 4.79 Å². The molecule has 1 atom stereocenters. The van der Waals surface area contributed by atoms with Gasteiger partial charge < -0.3 is 4.90 Å². The molecule has 1 saturated heterocycles. The molecule has 1 aromatic rings. The summed E-state index contributed by atoms with van der Waals surface area (Å²) in [4.78, 5) is 14.8. The van der Waals surface area contributed by atoms with Crippen LogP contribution in [0.15, 0.2) is 29.2 Å². The van der Waals surface area contributed by atoms with Crippen LogP contribution >= 0.6 is 0 Å². The molecule has 1 aliphatic heterocycles. The lowest BCUT2D eigenvalue weighted by Gasteiger charge is -2.23. The van der Waals surface area contributed by atoms with Gasteiger partial charge in [0.05, 0.1) is 4.90 Å². The summed E-state index contributed by atoms with van der Waals surface area (Å²) in [5.74, 6) is 0.217. The molecule has 1 unspecified atom stereocenters. The Hall–Kier alpha value is -1.40. The number of hydrogen-bond acceptors (Lipinski definition) is 3. The fourth-order valence-corrected chi connectivity index (χ4v) is 5.45. The third-order valence-electron chi connectivity index (χ3n) is 5.71. The van der Waals surface area contributed by atoms with E-state index < -0.39 is 10.0 Å². The first-order chi connectivity index (χ1) is 12.5. The molecule has 1 saturated carbocycles. The molecule has 6 heteroatoms. The Bertz CT molecular complexity index is 709. The third-order valence-corrected chi connectivity index (χ3v) is 7.24. The van der Waals surface area contributed by atoms with E-state index in [1.54, 1.807) is 12.1 Å². The topological polar surface area (TPSA) is 66.5 Å². The van der Waals surface area contributed by atoms with Crippen LogP contribution in [0.25, 0.3) is 0 Å². The zero-order valence-electron chi connectivity index (χ0n) is 15.6. The number of aryl methyl sites for hydroxylation is 1. The van der Waals surface area contributed by atoms with Crippen LogP contribution in [-0.2, 0) is 21.2 Å². The quantitative estimate of drug-likeness (QED) is 0.792. The fourth-order valence-electron chi connectivity index (χ4n) is 4.15. The highest BCUT2D eigenvalue weighted by molar-refractivity contribution is 7.89. The summed E-state index contributed by atoms with van der Waals surface area (Å²) >= 11 is 0. The van der Waals surface area contributed by atoms with Crippen LogP contribution in [0.3, 0.4) is 0 Å². The van der Waals surface area contributed by atoms with Crippen molar-refractivity contribution in [3.63, 3.8) is 0 Å². The Balaban J connectivity index is 1.55. The summed E-state index contributed by atoms with van der Waals surface area (Å²) in [5, 5.41) is 0. The van der Waals surface area contributed by atoms with Crippen molar-refractivity contribution in [1.29, 1.82) is 0 Å². The molecular weight excluding hydrogens is 348 g/mol. The van der Waals surface area contributed by atoms with Crippen molar-refractivity contribution >= 4 is 15.9 Å². The maximum absolute atomic E-state index is 12.4. The van der Waals surface area contributed by atoms with Crippen molar-refractivity contribution in [2.24, 2.45) is 0 Å². The van der Waals surface area contributed by atoms with Gasteiger partial charge in [-0.05, 0) is 56.2 Å². The summed E-state index contributed by atoms with van der Waals surface area (Å²) in [6.45, 7) is 3.01. The minimum Gasteiger partial charge on any atom is -0.340 e. The number of hydrogen-bond donors (Lipinski definition) is 1. The second kappa shape index (κ2) is 8.53. The van der Waals surface area contributed by atoms with Crippen LogP contribution in [-0.4, -0.2) is 37.9 Å². The van der Waals surface area contributed by atoms with Gasteiger partial charge in [0.25, 0.3) is 0 Å². The molecule has 1 aromatic carbocycles. The number of carbonyl (C=O) groups is 1. The highest BCUT2D eigenvalue weighted by Crippen LogP contribution is 2.22. The van der Waals surface area contributed by atoms with Gasteiger partial charge in [0, 0.05) is 25.0 Å². The second-order valence-corrected chi connectivity index (χ2v) is 9.25. The maximum atomic E-state index is 12.4. The molecule has 144 valence electrons. The van der Waals surface area contributed by atoms with Crippen molar-refractivity contribution < 1.29 is 13.2 Å². The molecule has 1 aliphatic carbocycles. The van der Waals surface area contributed by atoms with Crippen LogP contribution in [0, 0.1) is 0 Å². The molecule has 0 bridgehead atoms. The van der Waals surface area contributed by atoms with E-state index >= 15 is 0 Å². The van der Waals surface area contributed by atoms with E-state index in [-0.39, 0.29) is 11.9 Å². The van der Waals surface area contributed by atoms with Crippen molar-refractivity contribution in [2.75, 3.05) is 6.54 Å². The number of benzene rings is 1. The largest absolute Gasteiger partial charge is 0.340 e. The summed E-state index contributed by atoms with van der Waals surface area (Å²) in [6.07, 6.45) is 8.42. The van der Waals surface area contributed by atoms with Crippen molar-refractivity contribution in [1.82, 2.24) is 9.62 Å². The molecule has 0 aromatic heterocycles. The average Bonchev–Trinajstić information content (AvgIpc) is 3.31. The summed E-state index contributed by atoms with van der Waals surface area (Å²) in [7, 11) is -3.44. The van der Waals surface area contributed by atoms with Crippen LogP contribution in [0.1, 0.15) is 63.9 Å². The summed E-state index contributed by atoms with van der Waals surface area (Å²) in [6, 6.07) is 7.44.